The van der Waals surface area contributed by atoms with Crippen molar-refractivity contribution in [2.24, 2.45) is 17.6 Å². The number of methoxy groups -OCH3 is 1. The average Bonchev–Trinajstić information content (AvgIpc) is 3.55. The van der Waals surface area contributed by atoms with Gasteiger partial charge in [0.1, 0.15) is 22.8 Å². The maximum absolute atomic E-state index is 13.3. The minimum atomic E-state index is -0.0503. The van der Waals surface area contributed by atoms with Gasteiger partial charge in [0, 0.05) is 32.2 Å². The van der Waals surface area contributed by atoms with E-state index in [0.717, 1.165) is 39.1 Å². The van der Waals surface area contributed by atoms with Gasteiger partial charge in [-0.05, 0) is 42.5 Å². The number of ether oxygens (including phenoxy) is 1. The maximum atomic E-state index is 13.3. The van der Waals surface area contributed by atoms with Gasteiger partial charge in [0.2, 0.25) is 0 Å². The Labute approximate surface area is 200 Å². The Morgan fingerprint density at radius 1 is 1.06 bits per heavy atom. The van der Waals surface area contributed by atoms with Crippen LogP contribution in [0.25, 0.3) is 5.69 Å². The number of amides is 1. The van der Waals surface area contributed by atoms with Crippen LogP contribution in [0.1, 0.15) is 28.4 Å². The van der Waals surface area contributed by atoms with Gasteiger partial charge in [-0.2, -0.15) is 5.10 Å². The van der Waals surface area contributed by atoms with Crippen LogP contribution in [0.2, 0.25) is 0 Å². The lowest BCUT2D eigenvalue weighted by molar-refractivity contribution is 0.0775. The summed E-state index contributed by atoms with van der Waals surface area (Å²) in [5.74, 6) is 1.91. The van der Waals surface area contributed by atoms with E-state index >= 15 is 0 Å². The fourth-order valence-corrected chi connectivity index (χ4v) is 5.32. The molecule has 2 aliphatic heterocycles. The Morgan fingerprint density at radius 2 is 1.74 bits per heavy atom. The summed E-state index contributed by atoms with van der Waals surface area (Å²) in [4.78, 5) is 17.7. The second kappa shape index (κ2) is 9.48. The number of likely N-dealkylation sites (tertiary alicyclic amines) is 2. The first-order valence-corrected chi connectivity index (χ1v) is 11.8. The monoisotopic (exact) mass is 460 g/mol. The predicted molar refractivity (Wildman–Crippen MR) is 132 cm³/mol. The maximum Gasteiger partial charge on any atom is 0.259 e. The van der Waals surface area contributed by atoms with Crippen molar-refractivity contribution in [3.05, 3.63) is 71.9 Å². The summed E-state index contributed by atoms with van der Waals surface area (Å²) in [7, 11) is 1.60. The minimum absolute atomic E-state index is 0.0503. The van der Waals surface area contributed by atoms with E-state index in [-0.39, 0.29) is 11.9 Å². The second-order valence-corrected chi connectivity index (χ2v) is 9.32. The van der Waals surface area contributed by atoms with Crippen LogP contribution in [0.15, 0.2) is 60.8 Å². The summed E-state index contributed by atoms with van der Waals surface area (Å²) in [6, 6.07) is 17.8. The van der Waals surface area contributed by atoms with Crippen LogP contribution in [-0.4, -0.2) is 65.3 Å². The van der Waals surface area contributed by atoms with Crippen LogP contribution >= 0.6 is 0 Å². The molecule has 8 nitrogen and oxygen atoms in total. The number of hydrogen-bond acceptors (Lipinski definition) is 6. The van der Waals surface area contributed by atoms with Crippen molar-refractivity contribution in [1.29, 1.82) is 0 Å². The Morgan fingerprint density at radius 3 is 2.44 bits per heavy atom. The summed E-state index contributed by atoms with van der Waals surface area (Å²) in [5, 5.41) is 4.38. The van der Waals surface area contributed by atoms with Gasteiger partial charge in [-0.15, -0.1) is 0 Å². The Bertz CT molecular complexity index is 1130. The predicted octanol–water partition coefficient (Wildman–Crippen LogP) is 2.56. The lowest BCUT2D eigenvalue weighted by Crippen LogP contribution is -2.34. The first-order chi connectivity index (χ1) is 16.5. The Kier molecular flexibility index (Phi) is 6.26. The van der Waals surface area contributed by atoms with E-state index in [1.807, 2.05) is 47.4 Å². The van der Waals surface area contributed by atoms with Crippen LogP contribution in [0.5, 0.6) is 5.75 Å². The van der Waals surface area contributed by atoms with Crippen molar-refractivity contribution in [2.45, 2.75) is 12.5 Å². The molecule has 1 amide bonds. The lowest BCUT2D eigenvalue weighted by Gasteiger charge is -2.23. The van der Waals surface area contributed by atoms with Crippen LogP contribution in [0, 0.1) is 11.8 Å². The zero-order valence-corrected chi connectivity index (χ0v) is 19.5. The number of nitrogens with zero attached hydrogens (tertiary/aromatic N) is 4. The number of benzene rings is 2. The molecule has 5 rings (SSSR count). The normalized spacial score (nSPS) is 20.9. The molecule has 0 saturated carbocycles. The van der Waals surface area contributed by atoms with Gasteiger partial charge in [-0.3, -0.25) is 4.79 Å². The number of carbonyl (C=O) groups excluding carboxylic acids is 1. The highest BCUT2D eigenvalue weighted by molar-refractivity contribution is 5.98. The first kappa shape index (κ1) is 22.4. The lowest BCUT2D eigenvalue weighted by atomic mass is 10.0. The molecular weight excluding hydrogens is 428 g/mol. The van der Waals surface area contributed by atoms with Crippen molar-refractivity contribution in [3.8, 4) is 11.4 Å². The molecule has 2 fully saturated rings. The third-order valence-electron chi connectivity index (χ3n) is 7.18. The largest absolute Gasteiger partial charge is 0.494 e. The number of aromatic nitrogens is 2. The highest BCUT2D eigenvalue weighted by Crippen LogP contribution is 2.33. The van der Waals surface area contributed by atoms with Gasteiger partial charge in [0.15, 0.2) is 0 Å². The summed E-state index contributed by atoms with van der Waals surface area (Å²) in [5.41, 5.74) is 15.1. The zero-order chi connectivity index (χ0) is 23.7. The number of hydrogen-bond donors (Lipinski definition) is 2. The fourth-order valence-electron chi connectivity index (χ4n) is 5.32. The van der Waals surface area contributed by atoms with Gasteiger partial charge in [0.25, 0.3) is 5.91 Å². The molecule has 0 bridgehead atoms. The minimum Gasteiger partial charge on any atom is -0.494 e. The molecule has 1 aromatic heterocycles. The number of fused-ring (bicyclic) bond motifs is 1. The highest BCUT2D eigenvalue weighted by atomic mass is 16.5. The molecule has 2 unspecified atom stereocenters. The average molecular weight is 461 g/mol. The first-order valence-electron chi connectivity index (χ1n) is 11.8. The molecule has 2 aliphatic rings. The summed E-state index contributed by atoms with van der Waals surface area (Å²) in [6.45, 7) is 4.50. The van der Waals surface area contributed by atoms with Crippen LogP contribution in [0.3, 0.4) is 0 Å². The highest BCUT2D eigenvalue weighted by Gasteiger charge is 2.42. The molecule has 2 saturated heterocycles. The van der Waals surface area contributed by atoms with E-state index in [9.17, 15) is 4.79 Å². The van der Waals surface area contributed by atoms with Crippen molar-refractivity contribution >= 4 is 11.7 Å². The van der Waals surface area contributed by atoms with Crippen molar-refractivity contribution in [3.63, 3.8) is 0 Å². The van der Waals surface area contributed by atoms with Gasteiger partial charge in [0.05, 0.1) is 13.3 Å². The van der Waals surface area contributed by atoms with E-state index < -0.39 is 0 Å². The summed E-state index contributed by atoms with van der Waals surface area (Å²) >= 11 is 0. The molecular formula is C26H32N6O2. The van der Waals surface area contributed by atoms with E-state index in [1.165, 1.54) is 5.56 Å². The van der Waals surface area contributed by atoms with Crippen molar-refractivity contribution < 1.29 is 9.53 Å². The number of rotatable bonds is 7. The molecule has 4 N–H and O–H groups in total. The third-order valence-corrected chi connectivity index (χ3v) is 7.18. The standard InChI is InChI=1S/C26H32N6O2/c1-34-24-10-6-5-9-23(24)32-25(28)21(13-29-32)26(33)31-16-19-14-30(15-20(19)17-31)12-11-22(27)18-7-3-2-4-8-18/h2-10,13,19-20,22H,11-12,14-17,27-28H2,1H3/t19?,20?,22-/m0/s1. The molecule has 34 heavy (non-hydrogen) atoms. The topological polar surface area (TPSA) is 103 Å². The van der Waals surface area contributed by atoms with Crippen molar-refractivity contribution in [2.75, 3.05) is 45.6 Å². The molecule has 3 heterocycles. The Balaban J connectivity index is 1.18. The van der Waals surface area contributed by atoms with Gasteiger partial charge in [-0.25, -0.2) is 4.68 Å². The number of para-hydroxylation sites is 2. The summed E-state index contributed by atoms with van der Waals surface area (Å²) < 4.78 is 6.99. The quantitative estimate of drug-likeness (QED) is 0.562. The number of anilines is 1. The number of carbonyl (C=O) groups is 1. The van der Waals surface area contributed by atoms with Crippen LogP contribution in [-0.2, 0) is 0 Å². The zero-order valence-electron chi connectivity index (χ0n) is 19.5. The van der Waals surface area contributed by atoms with Crippen LogP contribution in [0.4, 0.5) is 5.82 Å². The van der Waals surface area contributed by atoms with E-state index in [4.69, 9.17) is 16.2 Å². The molecule has 3 atom stereocenters. The summed E-state index contributed by atoms with van der Waals surface area (Å²) in [6.07, 6.45) is 2.50. The fraction of sp³-hybridized carbons (Fsp3) is 0.385. The Hall–Kier alpha value is -3.36. The number of nitrogen functional groups attached to an aromatic ring is 1. The van der Waals surface area contributed by atoms with Gasteiger partial charge >= 0.3 is 0 Å². The molecule has 3 aromatic rings. The molecule has 0 aliphatic carbocycles. The van der Waals surface area contributed by atoms with Gasteiger partial charge < -0.3 is 26.0 Å². The van der Waals surface area contributed by atoms with Crippen LogP contribution < -0.4 is 16.2 Å². The van der Waals surface area contributed by atoms with E-state index in [2.05, 4.69) is 22.1 Å². The second-order valence-electron chi connectivity index (χ2n) is 9.32. The third kappa shape index (κ3) is 4.26. The van der Waals surface area contributed by atoms with E-state index in [1.54, 1.807) is 18.0 Å². The molecule has 0 radical (unpaired) electrons. The molecule has 0 spiro atoms. The van der Waals surface area contributed by atoms with E-state index in [0.29, 0.717) is 34.7 Å². The van der Waals surface area contributed by atoms with Crippen molar-refractivity contribution in [1.82, 2.24) is 19.6 Å². The molecule has 2 aromatic carbocycles. The molecule has 178 valence electrons. The molecule has 8 heteroatoms. The smallest absolute Gasteiger partial charge is 0.259 e. The number of nitrogens with two attached hydrogens (primary N) is 2. The van der Waals surface area contributed by atoms with Gasteiger partial charge in [-0.1, -0.05) is 42.5 Å². The SMILES string of the molecule is COc1ccccc1-n1ncc(C(=O)N2CC3CN(CC[C@H](N)c4ccccc4)CC3C2)c1N.